The van der Waals surface area contributed by atoms with E-state index in [1.807, 2.05) is 0 Å². The van der Waals surface area contributed by atoms with Crippen molar-refractivity contribution in [2.75, 3.05) is 0 Å². The van der Waals surface area contributed by atoms with Gasteiger partial charge in [0, 0.05) is 0 Å². The van der Waals surface area contributed by atoms with Gasteiger partial charge in [0.1, 0.15) is 0 Å². The van der Waals surface area contributed by atoms with Crippen LogP contribution in [0.4, 0.5) is 0 Å². The Bertz CT molecular complexity index is 62.7. The molecule has 1 saturated heterocycles. The fourth-order valence-corrected chi connectivity index (χ4v) is 0.299. The van der Waals surface area contributed by atoms with Gasteiger partial charge in [0.05, 0.1) is 0 Å². The first-order valence-electron chi connectivity index (χ1n) is 1.24. The standard InChI is InChI=1S/CHO4.Ca.Sb.4H/c2-1(3)4-5-1;;;;;;/h2H;;;;;;/q-1;;+1;;;;. The fourth-order valence-electron chi connectivity index (χ4n) is 0.0749. The number of hydrogen-bond donors (Lipinski definition) is 1. The summed E-state index contributed by atoms with van der Waals surface area (Å²) < 4.78 is 4.29. The molecule has 7 heavy (non-hydrogen) atoms. The van der Waals surface area contributed by atoms with Crippen molar-refractivity contribution in [1.29, 1.82) is 0 Å². The summed E-state index contributed by atoms with van der Waals surface area (Å²) in [4.78, 5) is 7.82. The Hall–Kier alpha value is 1.92. The summed E-state index contributed by atoms with van der Waals surface area (Å²) in [7, 11) is 0. The van der Waals surface area contributed by atoms with Gasteiger partial charge in [-0.2, -0.15) is 0 Å². The molecule has 0 aromatic heterocycles. The molecule has 1 aliphatic heterocycles. The minimum atomic E-state index is -1.65. The van der Waals surface area contributed by atoms with Gasteiger partial charge in [-0.05, 0) is 0 Å². The molecule has 0 amide bonds. The molecule has 0 atom stereocenters. The van der Waals surface area contributed by atoms with Gasteiger partial charge in [0.15, 0.2) is 0 Å². The molecule has 1 N–H and O–H groups in total. The van der Waals surface area contributed by atoms with Crippen LogP contribution >= 0.6 is 0 Å². The van der Waals surface area contributed by atoms with Crippen LogP contribution in [0.1, 0.15) is 0 Å². The summed E-state index contributed by atoms with van der Waals surface area (Å²) in [5, 5.41) is 8.30. The molecule has 1 heterocycles. The van der Waals surface area contributed by atoms with Crippen molar-refractivity contribution in [3.05, 3.63) is 0 Å². The molecule has 1 fully saturated rings. The molecule has 0 aromatic carbocycles. The second kappa shape index (κ2) is 3.18. The van der Waals surface area contributed by atoms with E-state index < -0.39 is 6.16 Å². The number of rotatable bonds is 1. The predicted molar refractivity (Wildman–Crippen MR) is 25.3 cm³/mol. The van der Waals surface area contributed by atoms with Crippen molar-refractivity contribution >= 4 is 61.2 Å². The van der Waals surface area contributed by atoms with Crippen molar-refractivity contribution in [2.24, 2.45) is 0 Å². The Morgan fingerprint density at radius 2 is 2.00 bits per heavy atom. The van der Waals surface area contributed by atoms with Gasteiger partial charge >= 0.3 is 85.2 Å². The van der Waals surface area contributed by atoms with Crippen LogP contribution in [0.2, 0.25) is 0 Å². The maximum atomic E-state index is 8.30. The van der Waals surface area contributed by atoms with Gasteiger partial charge < -0.3 is 0 Å². The average molecular weight is 243 g/mol. The average Bonchev–Trinajstić information content (AvgIpc) is 2.22. The summed E-state index contributed by atoms with van der Waals surface area (Å²) in [6.45, 7) is 0. The minimum absolute atomic E-state index is 0. The van der Waals surface area contributed by atoms with Crippen LogP contribution in [0.3, 0.4) is 0 Å². The summed E-state index contributed by atoms with van der Waals surface area (Å²) in [5.41, 5.74) is 0. The monoisotopic (exact) mass is 242 g/mol. The number of hydrogen-bond acceptors (Lipinski definition) is 4. The quantitative estimate of drug-likeness (QED) is 0.234. The molecule has 0 aliphatic carbocycles. The molecule has 0 aromatic rings. The molecule has 0 unspecified atom stereocenters. The Morgan fingerprint density at radius 3 is 2.00 bits per heavy atom. The SMILES string of the molecule is OC1([O][SbH2])OO1.[CaH2]. The molecule has 1 rings (SSSR count). The summed E-state index contributed by atoms with van der Waals surface area (Å²) in [5.74, 6) is 0. The Kier molecular flexibility index (Phi) is 4.05. The second-order valence-electron chi connectivity index (χ2n) is 0.808. The normalized spacial score (nSPS) is 23.1. The van der Waals surface area contributed by atoms with Crippen molar-refractivity contribution in [3.8, 4) is 0 Å². The van der Waals surface area contributed by atoms with Crippen molar-refractivity contribution in [1.82, 2.24) is 0 Å². The second-order valence-corrected chi connectivity index (χ2v) is 1.48. The van der Waals surface area contributed by atoms with Crippen LogP contribution in [-0.2, 0) is 12.8 Å². The molecule has 0 spiro atoms. The van der Waals surface area contributed by atoms with E-state index in [1.54, 1.807) is 0 Å². The van der Waals surface area contributed by atoms with Crippen LogP contribution in [0.25, 0.3) is 0 Å². The molecule has 1 aliphatic rings. The molecule has 6 heteroatoms. The first-order chi connectivity index (χ1) is 2.77. The zero-order valence-corrected chi connectivity index (χ0v) is 6.04. The summed E-state index contributed by atoms with van der Waals surface area (Å²) >= 11 is 0.466. The van der Waals surface area contributed by atoms with E-state index in [1.165, 1.54) is 0 Å². The third-order valence-electron chi connectivity index (χ3n) is 0.375. The molecule has 0 bridgehead atoms. The van der Waals surface area contributed by atoms with Gasteiger partial charge in [-0.25, -0.2) is 0 Å². The third kappa shape index (κ3) is 2.82. The first-order valence-corrected chi connectivity index (χ1v) is 2.58. The molecule has 40 valence electrons. The van der Waals surface area contributed by atoms with Gasteiger partial charge in [0.25, 0.3) is 0 Å². The van der Waals surface area contributed by atoms with Gasteiger partial charge in [-0.15, -0.1) is 0 Å². The van der Waals surface area contributed by atoms with Gasteiger partial charge in [-0.3, -0.25) is 0 Å². The van der Waals surface area contributed by atoms with Gasteiger partial charge in [0.2, 0.25) is 0 Å². The van der Waals surface area contributed by atoms with Gasteiger partial charge in [-0.1, -0.05) is 0 Å². The molecular weight excluding hydrogens is 238 g/mol. The van der Waals surface area contributed by atoms with Crippen molar-refractivity contribution < 1.29 is 17.9 Å². The van der Waals surface area contributed by atoms with E-state index in [4.69, 9.17) is 5.11 Å². The van der Waals surface area contributed by atoms with E-state index in [-0.39, 0.29) is 37.7 Å². The Morgan fingerprint density at radius 1 is 1.57 bits per heavy atom. The fraction of sp³-hybridized carbons (Fsp3) is 1.00. The topological polar surface area (TPSA) is 54.5 Å². The molecule has 0 radical (unpaired) electrons. The maximum absolute atomic E-state index is 8.30. The zero-order chi connectivity index (χ0) is 4.62. The third-order valence-corrected chi connectivity index (χ3v) is 1.22. The predicted octanol–water partition coefficient (Wildman–Crippen LogP) is -2.80. The summed E-state index contributed by atoms with van der Waals surface area (Å²) in [6, 6.07) is 0. The number of aliphatic hydroxyl groups is 1. The Labute approximate surface area is 84.1 Å². The van der Waals surface area contributed by atoms with E-state index in [9.17, 15) is 0 Å². The Balaban J connectivity index is 0.000000360. The van der Waals surface area contributed by atoms with E-state index in [2.05, 4.69) is 12.8 Å². The van der Waals surface area contributed by atoms with Crippen LogP contribution in [0, 0.1) is 0 Å². The van der Waals surface area contributed by atoms with Crippen molar-refractivity contribution in [2.45, 2.75) is 6.16 Å². The van der Waals surface area contributed by atoms with Crippen LogP contribution < -0.4 is 0 Å². The van der Waals surface area contributed by atoms with E-state index in [0.717, 1.165) is 0 Å². The van der Waals surface area contributed by atoms with E-state index >= 15 is 0 Å². The van der Waals surface area contributed by atoms with Crippen molar-refractivity contribution in [3.63, 3.8) is 0 Å². The van der Waals surface area contributed by atoms with E-state index in [0.29, 0.717) is 23.4 Å². The first kappa shape index (κ1) is 8.92. The molecule has 0 saturated carbocycles. The summed E-state index contributed by atoms with van der Waals surface area (Å²) in [6.07, 6.45) is -1.65. The van der Waals surface area contributed by atoms with Crippen LogP contribution in [0.15, 0.2) is 0 Å². The zero-order valence-electron chi connectivity index (χ0n) is 2.75. The van der Waals surface area contributed by atoms with Crippen LogP contribution in [-0.4, -0.2) is 72.4 Å². The molecule has 4 nitrogen and oxygen atoms in total. The molecular formula is CH5CaO4Sb. The van der Waals surface area contributed by atoms with Crippen LogP contribution in [0.5, 0.6) is 0 Å².